The van der Waals surface area contributed by atoms with Crippen LogP contribution in [-0.4, -0.2) is 47.4 Å². The van der Waals surface area contributed by atoms with Gasteiger partial charge in [-0.25, -0.2) is 0 Å². The predicted molar refractivity (Wildman–Crippen MR) is 124 cm³/mol. The van der Waals surface area contributed by atoms with Crippen LogP contribution < -0.4 is 15.2 Å². The van der Waals surface area contributed by atoms with Crippen LogP contribution in [0.3, 0.4) is 0 Å². The van der Waals surface area contributed by atoms with Crippen LogP contribution in [0.1, 0.15) is 16.7 Å². The fourth-order valence-electron chi connectivity index (χ4n) is 3.63. The molecule has 0 atom stereocenters. The van der Waals surface area contributed by atoms with Gasteiger partial charge in [-0.15, -0.1) is 0 Å². The summed E-state index contributed by atoms with van der Waals surface area (Å²) < 4.78 is 28.2. The highest BCUT2D eigenvalue weighted by atomic mass is 16.6. The first-order valence-corrected chi connectivity index (χ1v) is 10.6. The number of benzene rings is 3. The normalized spacial score (nSPS) is 11.3. The maximum Gasteiger partial charge on any atom is 0.143 e. The molecule has 0 fully saturated rings. The Kier molecular flexibility index (Phi) is 9.07. The van der Waals surface area contributed by atoms with Crippen molar-refractivity contribution in [3.63, 3.8) is 0 Å². The molecule has 0 saturated heterocycles. The molecule has 0 amide bonds. The molecule has 0 aromatic heterocycles. The van der Waals surface area contributed by atoms with E-state index in [4.69, 9.17) is 29.4 Å². The van der Waals surface area contributed by atoms with Gasteiger partial charge in [0.2, 0.25) is 0 Å². The Bertz CT molecular complexity index is 866. The van der Waals surface area contributed by atoms with E-state index in [-0.39, 0.29) is 6.73 Å². The van der Waals surface area contributed by atoms with E-state index in [2.05, 4.69) is 12.1 Å². The zero-order valence-electron chi connectivity index (χ0n) is 18.7. The molecule has 170 valence electrons. The van der Waals surface area contributed by atoms with Crippen molar-refractivity contribution in [1.29, 1.82) is 0 Å². The van der Waals surface area contributed by atoms with E-state index in [9.17, 15) is 0 Å². The largest absolute Gasteiger partial charge is 0.497 e. The second-order valence-electron chi connectivity index (χ2n) is 7.04. The van der Waals surface area contributed by atoms with Gasteiger partial charge in [0.1, 0.15) is 17.1 Å². The van der Waals surface area contributed by atoms with Crippen LogP contribution in [0.4, 0.5) is 0 Å². The summed E-state index contributed by atoms with van der Waals surface area (Å²) in [6, 6.07) is 26.1. The van der Waals surface area contributed by atoms with Crippen LogP contribution in [0.5, 0.6) is 11.5 Å². The summed E-state index contributed by atoms with van der Waals surface area (Å²) >= 11 is 0. The molecule has 0 radical (unpaired) electrons. The van der Waals surface area contributed by atoms with E-state index in [1.165, 1.54) is 0 Å². The van der Waals surface area contributed by atoms with Crippen molar-refractivity contribution >= 4 is 0 Å². The first-order chi connectivity index (χ1) is 15.7. The van der Waals surface area contributed by atoms with E-state index in [1.807, 2.05) is 66.7 Å². The molecule has 32 heavy (non-hydrogen) atoms. The van der Waals surface area contributed by atoms with Crippen molar-refractivity contribution in [1.82, 2.24) is 0 Å². The lowest BCUT2D eigenvalue weighted by molar-refractivity contribution is -0.0330. The van der Waals surface area contributed by atoms with Gasteiger partial charge < -0.3 is 29.4 Å². The van der Waals surface area contributed by atoms with Gasteiger partial charge in [0.15, 0.2) is 0 Å². The molecule has 0 aliphatic rings. The lowest BCUT2D eigenvalue weighted by Gasteiger charge is -2.36. The van der Waals surface area contributed by atoms with Gasteiger partial charge in [-0.1, -0.05) is 54.6 Å². The Labute approximate surface area is 189 Å². The van der Waals surface area contributed by atoms with Crippen LogP contribution in [0.25, 0.3) is 0 Å². The number of nitrogens with two attached hydrogens (primary N) is 1. The summed E-state index contributed by atoms with van der Waals surface area (Å²) in [6.07, 6.45) is 0. The van der Waals surface area contributed by atoms with Gasteiger partial charge in [0, 0.05) is 0 Å². The molecule has 0 saturated carbocycles. The van der Waals surface area contributed by atoms with Crippen LogP contribution in [0, 0.1) is 0 Å². The predicted octanol–water partition coefficient (Wildman–Crippen LogP) is 3.96. The Balaban J connectivity index is 1.99. The fraction of sp³-hybridized carbons (Fsp3) is 0.308. The summed E-state index contributed by atoms with van der Waals surface area (Å²) in [7, 11) is 3.32. The topological polar surface area (TPSA) is 72.2 Å². The maximum atomic E-state index is 6.67. The van der Waals surface area contributed by atoms with Gasteiger partial charge in [-0.2, -0.15) is 0 Å². The lowest BCUT2D eigenvalue weighted by Crippen LogP contribution is -2.34. The highest BCUT2D eigenvalue weighted by molar-refractivity contribution is 5.49. The number of ether oxygens (including phenoxy) is 5. The molecular formula is C26H31NO5. The van der Waals surface area contributed by atoms with Crippen LogP contribution in [0.2, 0.25) is 0 Å². The molecule has 3 aromatic rings. The second kappa shape index (κ2) is 12.2. The molecule has 6 heteroatoms. The molecule has 0 aliphatic heterocycles. The standard InChI is InChI=1S/C26H31NO5/c1-28-24-12-8-22(9-13-24)26(21-6-4-3-5-7-21,23-10-14-25(29-2)15-11-23)32-19-18-30-16-17-31-20-27/h3-15H,16-20,27H2,1-2H3. The quantitative estimate of drug-likeness (QED) is 0.248. The monoisotopic (exact) mass is 437 g/mol. The molecule has 0 unspecified atom stereocenters. The summed E-state index contributed by atoms with van der Waals surface area (Å²) in [4.78, 5) is 0. The Morgan fingerprint density at radius 2 is 1.06 bits per heavy atom. The molecule has 2 N–H and O–H groups in total. The summed E-state index contributed by atoms with van der Waals surface area (Å²) in [5.41, 5.74) is 7.49. The van der Waals surface area contributed by atoms with Crippen molar-refractivity contribution in [2.45, 2.75) is 5.60 Å². The summed E-state index contributed by atoms with van der Waals surface area (Å²) in [5.74, 6) is 1.57. The van der Waals surface area contributed by atoms with Crippen LogP contribution in [-0.2, 0) is 19.8 Å². The minimum absolute atomic E-state index is 0.186. The summed E-state index contributed by atoms with van der Waals surface area (Å²) in [5, 5.41) is 0. The Morgan fingerprint density at radius 1 is 0.594 bits per heavy atom. The highest BCUT2D eigenvalue weighted by Crippen LogP contribution is 2.41. The zero-order valence-corrected chi connectivity index (χ0v) is 18.7. The molecule has 0 aliphatic carbocycles. The molecule has 0 spiro atoms. The van der Waals surface area contributed by atoms with E-state index < -0.39 is 5.60 Å². The van der Waals surface area contributed by atoms with E-state index >= 15 is 0 Å². The van der Waals surface area contributed by atoms with Crippen LogP contribution >= 0.6 is 0 Å². The third kappa shape index (κ3) is 5.66. The molecule has 3 aromatic carbocycles. The van der Waals surface area contributed by atoms with Crippen LogP contribution in [0.15, 0.2) is 78.9 Å². The van der Waals surface area contributed by atoms with Crippen molar-refractivity contribution in [2.24, 2.45) is 5.73 Å². The van der Waals surface area contributed by atoms with Gasteiger partial charge in [-0.05, 0) is 41.0 Å². The minimum atomic E-state index is -0.836. The molecule has 3 rings (SSSR count). The molecular weight excluding hydrogens is 406 g/mol. The van der Waals surface area contributed by atoms with Gasteiger partial charge in [0.05, 0.1) is 47.4 Å². The molecule has 0 bridgehead atoms. The second-order valence-corrected chi connectivity index (χ2v) is 7.04. The van der Waals surface area contributed by atoms with E-state index in [0.717, 1.165) is 28.2 Å². The number of hydrogen-bond acceptors (Lipinski definition) is 6. The maximum absolute atomic E-state index is 6.67. The summed E-state index contributed by atoms with van der Waals surface area (Å²) in [6.45, 7) is 1.91. The number of methoxy groups -OCH3 is 2. The number of rotatable bonds is 13. The van der Waals surface area contributed by atoms with E-state index in [1.54, 1.807) is 14.2 Å². The first-order valence-electron chi connectivity index (χ1n) is 10.6. The Morgan fingerprint density at radius 3 is 1.56 bits per heavy atom. The van der Waals surface area contributed by atoms with Gasteiger partial charge in [-0.3, -0.25) is 0 Å². The number of hydrogen-bond donors (Lipinski definition) is 1. The fourth-order valence-corrected chi connectivity index (χ4v) is 3.63. The SMILES string of the molecule is COc1ccc(C(OCCOCCOCN)(c2ccccc2)c2ccc(OC)cc2)cc1. The van der Waals surface area contributed by atoms with E-state index in [0.29, 0.717) is 26.4 Å². The Hall–Kier alpha value is -2.90. The smallest absolute Gasteiger partial charge is 0.143 e. The van der Waals surface area contributed by atoms with Crippen molar-refractivity contribution in [3.05, 3.63) is 95.6 Å². The molecule has 0 heterocycles. The van der Waals surface area contributed by atoms with Gasteiger partial charge >= 0.3 is 0 Å². The van der Waals surface area contributed by atoms with Crippen molar-refractivity contribution in [2.75, 3.05) is 47.4 Å². The van der Waals surface area contributed by atoms with Gasteiger partial charge in [0.25, 0.3) is 0 Å². The first kappa shape index (κ1) is 23.8. The minimum Gasteiger partial charge on any atom is -0.497 e. The average molecular weight is 438 g/mol. The molecule has 6 nitrogen and oxygen atoms in total. The zero-order chi connectivity index (χ0) is 22.7. The third-order valence-corrected chi connectivity index (χ3v) is 5.21. The van der Waals surface area contributed by atoms with Crippen molar-refractivity contribution < 1.29 is 23.7 Å². The average Bonchev–Trinajstić information content (AvgIpc) is 2.87. The highest BCUT2D eigenvalue weighted by Gasteiger charge is 2.37. The third-order valence-electron chi connectivity index (χ3n) is 5.21. The lowest BCUT2D eigenvalue weighted by atomic mass is 9.80. The van der Waals surface area contributed by atoms with Crippen molar-refractivity contribution in [3.8, 4) is 11.5 Å².